The second kappa shape index (κ2) is 13.8. The maximum absolute atomic E-state index is 10.2. The summed E-state index contributed by atoms with van der Waals surface area (Å²) in [6.45, 7) is 8.56. The number of aryl methyl sites for hydroxylation is 4. The van der Waals surface area contributed by atoms with E-state index in [-0.39, 0.29) is 48.4 Å². The van der Waals surface area contributed by atoms with Crippen LogP contribution in [0.4, 0.5) is 0 Å². The first-order chi connectivity index (χ1) is 33.4. The molecular formula is C57H52N4+2. The first-order valence-electron chi connectivity index (χ1n) is 26.2. The van der Waals surface area contributed by atoms with E-state index in [4.69, 9.17) is 0 Å². The smallest absolute Gasteiger partial charge is 0.198 e. The summed E-state index contributed by atoms with van der Waals surface area (Å²) in [6, 6.07) is 32.2. The number of nitrogens with zero attached hydrogens (tertiary/aromatic N) is 4. The van der Waals surface area contributed by atoms with Crippen LogP contribution in [0.5, 0.6) is 0 Å². The highest BCUT2D eigenvalue weighted by molar-refractivity contribution is 6.29. The topological polar surface area (TPSA) is 15.9 Å². The van der Waals surface area contributed by atoms with Crippen LogP contribution < -0.4 is 10.7 Å². The summed E-state index contributed by atoms with van der Waals surface area (Å²) in [7, 11) is 0. The summed E-state index contributed by atoms with van der Waals surface area (Å²) in [5.74, 6) is -1.81. The molecular weight excluding hydrogens is 741 g/mol. The molecule has 0 amide bonds. The van der Waals surface area contributed by atoms with Crippen molar-refractivity contribution in [2.75, 3.05) is 0 Å². The fourth-order valence-electron chi connectivity index (χ4n) is 10.6. The van der Waals surface area contributed by atoms with Gasteiger partial charge in [0.15, 0.2) is 0 Å². The standard InChI is InChI=1S/C57H52N4/c1-5-9-37-13-21-41(22-14-37)53-45-29-31-47-54(42-23-15-38(10-6-2)16-24-42)49-33-35-51-56(44-27-19-40(12-8-4)20-28-44)52-36-34-50-55(43-25-17-39(11-7-3)18-26-43)48-32-30-46(53)59(48)57(58(45)47,60(49)51)61(50)52/h13-36H,5-12H2,1-4H3/q+2/i29D,30D,31D,32D,33D,34D,35D,36D. The Kier molecular flexibility index (Phi) is 6.51. The molecule has 0 fully saturated rings. The van der Waals surface area contributed by atoms with Gasteiger partial charge in [0.1, 0.15) is 0 Å². The fraction of sp³-hybridized carbons (Fsp3) is 0.228. The number of rotatable bonds is 12. The molecule has 0 saturated carbocycles. The molecule has 1 spiro atoms. The van der Waals surface area contributed by atoms with Crippen molar-refractivity contribution in [2.45, 2.75) is 85.0 Å². The normalized spacial score (nSPS) is 19.5. The van der Waals surface area contributed by atoms with Crippen molar-refractivity contribution in [1.82, 2.24) is 9.13 Å². The molecule has 6 aliphatic rings. The van der Waals surface area contributed by atoms with Crippen molar-refractivity contribution in [3.63, 3.8) is 0 Å². The highest BCUT2D eigenvalue weighted by Gasteiger charge is 2.72. The van der Waals surface area contributed by atoms with Crippen molar-refractivity contribution >= 4 is 33.7 Å². The number of hydrogen-bond donors (Lipinski definition) is 0. The van der Waals surface area contributed by atoms with E-state index in [0.717, 1.165) is 95.9 Å². The van der Waals surface area contributed by atoms with E-state index < -0.39 is 5.91 Å². The molecule has 0 N–H and O–H groups in total. The minimum absolute atomic E-state index is 0.0768. The van der Waals surface area contributed by atoms with E-state index >= 15 is 0 Å². The summed E-state index contributed by atoms with van der Waals surface area (Å²) in [5.41, 5.74) is 11.7. The Labute approximate surface area is 370 Å². The van der Waals surface area contributed by atoms with Crippen LogP contribution in [0, 0.1) is 0 Å². The predicted molar refractivity (Wildman–Crippen MR) is 249 cm³/mol. The summed E-state index contributed by atoms with van der Waals surface area (Å²) in [6.07, 6.45) is 7.34. The van der Waals surface area contributed by atoms with Crippen LogP contribution in [0.25, 0.3) is 22.3 Å². The monoisotopic (exact) mass is 800 g/mol. The van der Waals surface area contributed by atoms with E-state index in [1.807, 2.05) is 66.8 Å². The second-order valence-corrected chi connectivity index (χ2v) is 17.0. The quantitative estimate of drug-likeness (QED) is 0.110. The van der Waals surface area contributed by atoms with Gasteiger partial charge in [-0.1, -0.05) is 160 Å². The van der Waals surface area contributed by atoms with Gasteiger partial charge in [0.05, 0.1) is 55.3 Å². The molecule has 0 aliphatic carbocycles. The minimum atomic E-state index is -1.81. The molecule has 4 aromatic carbocycles. The van der Waals surface area contributed by atoms with Crippen LogP contribution in [0.2, 0.25) is 0 Å². The molecule has 0 saturated heterocycles. The van der Waals surface area contributed by atoms with Crippen molar-refractivity contribution in [1.29, 1.82) is 0 Å². The lowest BCUT2D eigenvalue weighted by atomic mass is 9.92. The Hall–Kier alpha value is -6.52. The zero-order valence-electron chi connectivity index (χ0n) is 43.2. The molecule has 4 nitrogen and oxygen atoms in total. The van der Waals surface area contributed by atoms with Gasteiger partial charge in [0.2, 0.25) is 22.8 Å². The Morgan fingerprint density at radius 2 is 0.738 bits per heavy atom. The third-order valence-electron chi connectivity index (χ3n) is 13.2. The van der Waals surface area contributed by atoms with Crippen molar-refractivity contribution < 1.29 is 20.1 Å². The Morgan fingerprint density at radius 3 is 1.07 bits per heavy atom. The number of benzene rings is 4. The van der Waals surface area contributed by atoms with Crippen LogP contribution in [-0.2, 0) is 31.6 Å². The number of aromatic nitrogens is 2. The largest absolute Gasteiger partial charge is 0.553 e. The predicted octanol–water partition coefficient (Wildman–Crippen LogP) is 10.2. The molecule has 2 aromatic heterocycles. The van der Waals surface area contributed by atoms with Crippen molar-refractivity contribution in [3.05, 3.63) is 223 Å². The molecule has 0 atom stereocenters. The first-order valence-corrected chi connectivity index (χ1v) is 22.2. The maximum atomic E-state index is 10.2. The van der Waals surface area contributed by atoms with Crippen LogP contribution in [0.15, 0.2) is 157 Å². The van der Waals surface area contributed by atoms with E-state index in [0.29, 0.717) is 67.2 Å². The Morgan fingerprint density at radius 1 is 0.410 bits per heavy atom. The van der Waals surface area contributed by atoms with Crippen molar-refractivity contribution in [2.24, 2.45) is 0 Å². The first kappa shape index (κ1) is 28.9. The molecule has 0 radical (unpaired) electrons. The average Bonchev–Trinajstić information content (AvgIpc) is 3.98. The molecule has 6 aliphatic heterocycles. The number of hydrogen-bond acceptors (Lipinski definition) is 0. The lowest BCUT2D eigenvalue weighted by Crippen LogP contribution is -2.71. The lowest BCUT2D eigenvalue weighted by Gasteiger charge is -2.41. The summed E-state index contributed by atoms with van der Waals surface area (Å²) >= 11 is 0. The van der Waals surface area contributed by atoms with E-state index in [2.05, 4.69) is 76.2 Å². The molecule has 8 heterocycles. The third kappa shape index (κ3) is 4.93. The van der Waals surface area contributed by atoms with Crippen LogP contribution in [-0.4, -0.2) is 29.7 Å². The lowest BCUT2D eigenvalue weighted by molar-refractivity contribution is -0.834. The molecule has 0 unspecified atom stereocenters. The fourth-order valence-corrected chi connectivity index (χ4v) is 10.6. The zero-order valence-corrected chi connectivity index (χ0v) is 35.2. The van der Waals surface area contributed by atoms with Gasteiger partial charge in [-0.25, -0.2) is 0 Å². The molecule has 0 bridgehead atoms. The van der Waals surface area contributed by atoms with E-state index in [1.165, 1.54) is 0 Å². The van der Waals surface area contributed by atoms with Gasteiger partial charge in [-0.3, -0.25) is 0 Å². The number of allylic oxidation sites excluding steroid dienone is 4. The highest BCUT2D eigenvalue weighted by Crippen LogP contribution is 2.53. The summed E-state index contributed by atoms with van der Waals surface area (Å²) in [5, 5.41) is 0.713. The van der Waals surface area contributed by atoms with Gasteiger partial charge >= 0.3 is 5.91 Å². The SMILES string of the molecule is [2H]C1=C([2H])C2=[N+]3C1=C(c1ccc(CCC)cc1)c1c([2H])c([2H])c4n1C31n3c(c([2H])c([2H])c3=C(c3ccc(CCC)cc3)C3=[N+]1C(=C4c1ccc(CCC)cc1)C([2H])=C3[2H])=C2c1ccc(CCC)cc1. The molecule has 61 heavy (non-hydrogen) atoms. The van der Waals surface area contributed by atoms with Crippen molar-refractivity contribution in [3.8, 4) is 0 Å². The van der Waals surface area contributed by atoms with Crippen LogP contribution >= 0.6 is 0 Å². The third-order valence-corrected chi connectivity index (χ3v) is 13.2. The molecule has 12 rings (SSSR count). The van der Waals surface area contributed by atoms with E-state index in [9.17, 15) is 11.0 Å². The van der Waals surface area contributed by atoms with Gasteiger partial charge in [-0.15, -0.1) is 0 Å². The molecule has 6 aromatic rings. The highest BCUT2D eigenvalue weighted by atomic mass is 15.6. The van der Waals surface area contributed by atoms with Crippen LogP contribution in [0.1, 0.15) is 120 Å². The van der Waals surface area contributed by atoms with Gasteiger partial charge in [0.25, 0.3) is 0 Å². The molecule has 298 valence electrons. The Balaban J connectivity index is 1.35. The average molecular weight is 801 g/mol. The summed E-state index contributed by atoms with van der Waals surface area (Å²) < 4.78 is 89.2. The summed E-state index contributed by atoms with van der Waals surface area (Å²) in [4.78, 5) is 0. The Bertz CT molecular complexity index is 3400. The second-order valence-electron chi connectivity index (χ2n) is 17.0. The van der Waals surface area contributed by atoms with Gasteiger partial charge in [-0.2, -0.15) is 9.13 Å². The zero-order chi connectivity index (χ0) is 47.9. The van der Waals surface area contributed by atoms with E-state index in [1.54, 1.807) is 0 Å². The van der Waals surface area contributed by atoms with Gasteiger partial charge < -0.3 is 0 Å². The maximum Gasteiger partial charge on any atom is 0.553 e. The van der Waals surface area contributed by atoms with Crippen LogP contribution in [0.3, 0.4) is 0 Å². The van der Waals surface area contributed by atoms with Gasteiger partial charge in [0, 0.05) is 24.2 Å². The van der Waals surface area contributed by atoms with Gasteiger partial charge in [-0.05, 0) is 94.4 Å². The molecule has 4 heteroatoms. The minimum Gasteiger partial charge on any atom is -0.198 e.